The highest BCUT2D eigenvalue weighted by molar-refractivity contribution is 7.89. The third-order valence-electron chi connectivity index (χ3n) is 3.70. The second-order valence-corrected chi connectivity index (χ2v) is 7.27. The summed E-state index contributed by atoms with van der Waals surface area (Å²) in [5, 5.41) is 0. The normalized spacial score (nSPS) is 18.1. The molecule has 0 fully saturated rings. The number of benzene rings is 1. The number of hydrogen-bond donors (Lipinski definition) is 0. The highest BCUT2D eigenvalue weighted by Gasteiger charge is 2.27. The maximum absolute atomic E-state index is 13.8. The van der Waals surface area contributed by atoms with Crippen LogP contribution in [-0.2, 0) is 14.8 Å². The third-order valence-corrected chi connectivity index (χ3v) is 5.71. The van der Waals surface area contributed by atoms with Crippen LogP contribution in [0.5, 0.6) is 0 Å². The Morgan fingerprint density at radius 1 is 1.32 bits per heavy atom. The Morgan fingerprint density at radius 2 is 1.95 bits per heavy atom. The van der Waals surface area contributed by atoms with E-state index in [1.54, 1.807) is 13.0 Å². The Morgan fingerprint density at radius 3 is 2.45 bits per heavy atom. The maximum atomic E-state index is 13.8. The first kappa shape index (κ1) is 17.1. The molecule has 7 heteroatoms. The topological polar surface area (TPSA) is 46.6 Å². The van der Waals surface area contributed by atoms with Gasteiger partial charge in [0.25, 0.3) is 0 Å². The van der Waals surface area contributed by atoms with Gasteiger partial charge in [-0.1, -0.05) is 12.1 Å². The van der Waals surface area contributed by atoms with Crippen molar-refractivity contribution in [1.29, 1.82) is 0 Å². The zero-order valence-electron chi connectivity index (χ0n) is 12.6. The van der Waals surface area contributed by atoms with Gasteiger partial charge in [-0.2, -0.15) is 4.31 Å². The lowest BCUT2D eigenvalue weighted by Gasteiger charge is -2.27. The summed E-state index contributed by atoms with van der Waals surface area (Å²) >= 11 is 0. The summed E-state index contributed by atoms with van der Waals surface area (Å²) in [4.78, 5) is 0. The minimum atomic E-state index is -3.44. The number of halogens is 2. The first-order valence-electron chi connectivity index (χ1n) is 6.99. The van der Waals surface area contributed by atoms with E-state index in [2.05, 4.69) is 0 Å². The van der Waals surface area contributed by atoms with Crippen LogP contribution >= 0.6 is 0 Å². The van der Waals surface area contributed by atoms with Crippen molar-refractivity contribution in [2.24, 2.45) is 0 Å². The minimum absolute atomic E-state index is 0.0650. The van der Waals surface area contributed by atoms with Crippen molar-refractivity contribution in [3.8, 4) is 0 Å². The van der Waals surface area contributed by atoms with Gasteiger partial charge in [-0.15, -0.1) is 0 Å². The Labute approximate surface area is 129 Å². The van der Waals surface area contributed by atoms with Crippen LogP contribution in [0.1, 0.15) is 18.9 Å². The van der Waals surface area contributed by atoms with Crippen molar-refractivity contribution >= 4 is 15.6 Å². The minimum Gasteiger partial charge on any atom is -0.381 e. The number of hydrogen-bond acceptors (Lipinski definition) is 3. The number of rotatable bonds is 5. The predicted molar refractivity (Wildman–Crippen MR) is 80.8 cm³/mol. The molecule has 1 unspecified atom stereocenters. The lowest BCUT2D eigenvalue weighted by molar-refractivity contribution is 0.135. The van der Waals surface area contributed by atoms with Gasteiger partial charge >= 0.3 is 0 Å². The first-order valence-corrected chi connectivity index (χ1v) is 8.60. The number of ether oxygens (including phenoxy) is 1. The zero-order chi connectivity index (χ0) is 16.3. The molecular weight excluding hydrogens is 312 g/mol. The van der Waals surface area contributed by atoms with E-state index in [1.165, 1.54) is 29.6 Å². The van der Waals surface area contributed by atoms with Gasteiger partial charge in [-0.25, -0.2) is 17.2 Å². The van der Waals surface area contributed by atoms with E-state index in [1.807, 2.05) is 0 Å². The monoisotopic (exact) mass is 331 g/mol. The van der Waals surface area contributed by atoms with Gasteiger partial charge in [0.1, 0.15) is 11.6 Å². The molecule has 0 amide bonds. The van der Waals surface area contributed by atoms with E-state index in [9.17, 15) is 17.2 Å². The number of sulfonamides is 1. The van der Waals surface area contributed by atoms with Crippen molar-refractivity contribution in [3.63, 3.8) is 0 Å². The Bertz CT molecular complexity index is 653. The molecule has 122 valence electrons. The molecule has 1 atom stereocenters. The highest BCUT2D eigenvalue weighted by atomic mass is 32.2. The van der Waals surface area contributed by atoms with Crippen LogP contribution < -0.4 is 0 Å². The van der Waals surface area contributed by atoms with Gasteiger partial charge in [0.15, 0.2) is 0 Å². The second-order valence-electron chi connectivity index (χ2n) is 5.26. The van der Waals surface area contributed by atoms with Crippen molar-refractivity contribution in [2.45, 2.75) is 19.4 Å². The van der Waals surface area contributed by atoms with E-state index in [0.29, 0.717) is 5.57 Å². The Hall–Kier alpha value is -1.31. The van der Waals surface area contributed by atoms with Gasteiger partial charge in [-0.05, 0) is 31.1 Å². The van der Waals surface area contributed by atoms with Gasteiger partial charge in [0, 0.05) is 25.8 Å². The van der Waals surface area contributed by atoms with Crippen molar-refractivity contribution < 1.29 is 21.9 Å². The average molecular weight is 331 g/mol. The summed E-state index contributed by atoms with van der Waals surface area (Å²) < 4.78 is 58.2. The molecule has 2 rings (SSSR count). The fourth-order valence-corrected chi connectivity index (χ4v) is 4.02. The maximum Gasteiger partial charge on any atom is 0.216 e. The molecule has 0 saturated heterocycles. The Balaban J connectivity index is 2.16. The second kappa shape index (κ2) is 6.85. The molecule has 1 heterocycles. The lowest BCUT2D eigenvalue weighted by atomic mass is 9.99. The molecule has 0 saturated carbocycles. The molecule has 1 aromatic rings. The molecular formula is C15H19F2NO3S. The van der Waals surface area contributed by atoms with Gasteiger partial charge in [0.05, 0.1) is 11.9 Å². The van der Waals surface area contributed by atoms with E-state index in [0.717, 1.165) is 0 Å². The molecule has 1 aliphatic heterocycles. The molecule has 22 heavy (non-hydrogen) atoms. The summed E-state index contributed by atoms with van der Waals surface area (Å²) in [6.45, 7) is 2.00. The first-order chi connectivity index (χ1) is 10.3. The fourth-order valence-electron chi connectivity index (χ4n) is 2.40. The predicted octanol–water partition coefficient (Wildman–Crippen LogP) is 2.42. The molecule has 0 aliphatic carbocycles. The average Bonchev–Trinajstić information content (AvgIpc) is 2.47. The van der Waals surface area contributed by atoms with Crippen molar-refractivity contribution in [3.05, 3.63) is 41.5 Å². The standard InChI is InChI=1S/C15H19F2NO3S/c1-11(21-2)10-22(19,20)18-8-6-12(7-9-18)15-13(16)4-3-5-14(15)17/h3-6,11H,7-10H2,1-2H3. The molecule has 0 N–H and O–H groups in total. The number of methoxy groups -OCH3 is 1. The summed E-state index contributed by atoms with van der Waals surface area (Å²) in [6, 6.07) is 3.70. The van der Waals surface area contributed by atoms with E-state index in [-0.39, 0.29) is 30.8 Å². The van der Waals surface area contributed by atoms with Crippen LogP contribution in [0.15, 0.2) is 24.3 Å². The smallest absolute Gasteiger partial charge is 0.216 e. The lowest BCUT2D eigenvalue weighted by Crippen LogP contribution is -2.39. The van der Waals surface area contributed by atoms with E-state index >= 15 is 0 Å². The molecule has 0 spiro atoms. The van der Waals surface area contributed by atoms with Crippen molar-refractivity contribution in [1.82, 2.24) is 4.31 Å². The van der Waals surface area contributed by atoms with Crippen molar-refractivity contribution in [2.75, 3.05) is 26.0 Å². The summed E-state index contributed by atoms with van der Waals surface area (Å²) in [5.41, 5.74) is 0.437. The molecule has 1 aromatic carbocycles. The summed E-state index contributed by atoms with van der Waals surface area (Å²) in [6.07, 6.45) is 1.44. The van der Waals surface area contributed by atoms with E-state index < -0.39 is 27.8 Å². The Kier molecular flexibility index (Phi) is 5.31. The highest BCUT2D eigenvalue weighted by Crippen LogP contribution is 2.28. The van der Waals surface area contributed by atoms with Crippen LogP contribution in [0.3, 0.4) is 0 Å². The van der Waals surface area contributed by atoms with Gasteiger partial charge in [-0.3, -0.25) is 0 Å². The van der Waals surface area contributed by atoms with E-state index in [4.69, 9.17) is 4.74 Å². The summed E-state index contributed by atoms with van der Waals surface area (Å²) in [7, 11) is -1.99. The van der Waals surface area contributed by atoms with Crippen LogP contribution in [-0.4, -0.2) is 44.8 Å². The van der Waals surface area contributed by atoms with Gasteiger partial charge in [0.2, 0.25) is 10.0 Å². The molecule has 0 radical (unpaired) electrons. The van der Waals surface area contributed by atoms with Crippen LogP contribution in [0, 0.1) is 11.6 Å². The largest absolute Gasteiger partial charge is 0.381 e. The van der Waals surface area contributed by atoms with Gasteiger partial charge < -0.3 is 4.74 Å². The molecule has 4 nitrogen and oxygen atoms in total. The fraction of sp³-hybridized carbons (Fsp3) is 0.467. The van der Waals surface area contributed by atoms with Crippen LogP contribution in [0.4, 0.5) is 8.78 Å². The number of nitrogens with zero attached hydrogens (tertiary/aromatic N) is 1. The zero-order valence-corrected chi connectivity index (χ0v) is 13.4. The molecule has 0 bridgehead atoms. The quantitative estimate of drug-likeness (QED) is 0.832. The van der Waals surface area contributed by atoms with Crippen LogP contribution in [0.2, 0.25) is 0 Å². The molecule has 0 aromatic heterocycles. The molecule has 1 aliphatic rings. The van der Waals surface area contributed by atoms with Crippen LogP contribution in [0.25, 0.3) is 5.57 Å². The third kappa shape index (κ3) is 3.71. The summed E-state index contributed by atoms with van der Waals surface area (Å²) in [5.74, 6) is -1.37. The SMILES string of the molecule is COC(C)CS(=O)(=O)N1CC=C(c2c(F)cccc2F)CC1.